The first-order chi connectivity index (χ1) is 50.0. The molecule has 0 aliphatic heterocycles. The van der Waals surface area contributed by atoms with Gasteiger partial charge >= 0.3 is 0 Å². The van der Waals surface area contributed by atoms with Crippen LogP contribution in [-0.4, -0.2) is 22.2 Å². The van der Waals surface area contributed by atoms with Gasteiger partial charge in [0, 0.05) is 32.7 Å². The van der Waals surface area contributed by atoms with Gasteiger partial charge in [-0.3, -0.25) is 13.7 Å². The Kier molecular flexibility index (Phi) is 8.81. The smallest absolute Gasteiger partial charge is 0.269 e. The second kappa shape index (κ2) is 21.4. The molecule has 0 aliphatic carbocycles. The molecule has 3 heterocycles. The molecule has 0 atom stereocenters. The number of fused-ring (bicyclic) bond motifs is 4. The third-order valence-corrected chi connectivity index (χ3v) is 19.6. The van der Waals surface area contributed by atoms with Crippen molar-refractivity contribution in [1.29, 1.82) is 0 Å². The molecule has 0 bridgehead atoms. The summed E-state index contributed by atoms with van der Waals surface area (Å²) in [5, 5.41) is -2.00. The Labute approximate surface area is 533 Å². The summed E-state index contributed by atoms with van der Waals surface area (Å²) >= 11 is 0. The predicted molar refractivity (Wildman–Crippen MR) is 358 cm³/mol. The number of aryl methyl sites for hydroxylation is 1. The van der Waals surface area contributed by atoms with Gasteiger partial charge < -0.3 is 4.74 Å². The SMILES string of the molecule is [2H]c1c([2H])c([2H])c([Si](c2c([2H])c([2H])c([2H])c([2H])c2[2H])(c2c([2H])c([2H])c([2H])c([2H])c2[2H])c2c([2H])c([2H])c([2H])c(-c3cccc(C(C)(C)C)c3-[n+]3[c-]n(-c4cccc(Oc5ccc6c7ccccc7n(-c7cc(C([2H])([2H])[2H])c(-c8cc(C(C)(C)C)cc(C(C)(C)C)c8)cn7)c6c5)c4)c4ccccc43)c2[2H])c([2H])c1[2H]. The minimum absolute atomic E-state index is 0.00338. The maximum Gasteiger partial charge on any atom is 0.269 e. The molecule has 418 valence electrons. The number of aromatic nitrogens is 4. The number of imidazole rings is 1. The summed E-state index contributed by atoms with van der Waals surface area (Å²) < 4.78 is 219. The van der Waals surface area contributed by atoms with Crippen molar-refractivity contribution in [3.05, 3.63) is 283 Å². The van der Waals surface area contributed by atoms with E-state index < -0.39 is 161 Å². The van der Waals surface area contributed by atoms with Gasteiger partial charge in [0.05, 0.1) is 59.5 Å². The van der Waals surface area contributed by atoms with Crippen LogP contribution in [0.4, 0.5) is 0 Å². The van der Waals surface area contributed by atoms with Gasteiger partial charge in [0.25, 0.3) is 6.33 Å². The number of nitrogens with zero attached hydrogens (tertiary/aromatic N) is 4. The van der Waals surface area contributed by atoms with E-state index in [-0.39, 0.29) is 27.6 Å². The van der Waals surface area contributed by atoms with Gasteiger partial charge in [-0.2, -0.15) is 0 Å². The van der Waals surface area contributed by atoms with Crippen LogP contribution in [0.2, 0.25) is 0 Å². The van der Waals surface area contributed by atoms with Crippen molar-refractivity contribution in [2.45, 2.75) is 85.4 Å². The molecule has 0 N–H and O–H groups in total. The van der Waals surface area contributed by atoms with Crippen molar-refractivity contribution in [3.8, 4) is 50.9 Å². The van der Waals surface area contributed by atoms with E-state index in [0.717, 1.165) is 33.0 Å². The molecule has 0 spiro atoms. The Morgan fingerprint density at radius 1 is 0.506 bits per heavy atom. The maximum absolute atomic E-state index is 10.8. The van der Waals surface area contributed by atoms with Gasteiger partial charge in [0.1, 0.15) is 17.3 Å². The Balaban J connectivity index is 1.01. The van der Waals surface area contributed by atoms with Crippen molar-refractivity contribution >= 4 is 61.7 Å². The first kappa shape index (κ1) is 35.1. The lowest BCUT2D eigenvalue weighted by molar-refractivity contribution is -0.572. The van der Waals surface area contributed by atoms with Crippen LogP contribution in [-0.2, 0) is 16.2 Å². The monoisotopic (exact) mass is 1140 g/mol. The Bertz CT molecular complexity index is 5660. The summed E-state index contributed by atoms with van der Waals surface area (Å²) in [6.07, 6.45) is 5.19. The molecule has 85 heavy (non-hydrogen) atoms. The first-order valence-electron chi connectivity index (χ1n) is 39.0. The van der Waals surface area contributed by atoms with Crippen molar-refractivity contribution in [1.82, 2.24) is 14.1 Å². The van der Waals surface area contributed by atoms with E-state index in [1.54, 1.807) is 51.7 Å². The fourth-order valence-corrected chi connectivity index (χ4v) is 14.8. The van der Waals surface area contributed by atoms with Crippen LogP contribution in [0.3, 0.4) is 0 Å². The third kappa shape index (κ3) is 9.98. The van der Waals surface area contributed by atoms with Crippen molar-refractivity contribution in [2.75, 3.05) is 0 Å². The fourth-order valence-electron chi connectivity index (χ4n) is 11.3. The zero-order valence-electron chi connectivity index (χ0n) is 70.5. The number of para-hydroxylation sites is 4. The first-order valence-corrected chi connectivity index (χ1v) is 30.0. The van der Waals surface area contributed by atoms with E-state index >= 15 is 0 Å². The van der Waals surface area contributed by atoms with Gasteiger partial charge in [-0.05, 0) is 125 Å². The minimum atomic E-state index is -6.20. The van der Waals surface area contributed by atoms with Crippen molar-refractivity contribution < 1.29 is 39.5 Å². The maximum atomic E-state index is 10.8. The molecule has 13 rings (SSSR count). The van der Waals surface area contributed by atoms with Crippen molar-refractivity contribution in [3.63, 3.8) is 0 Å². The van der Waals surface area contributed by atoms with E-state index in [9.17, 15) is 13.7 Å². The fraction of sp³-hybridized carbons (Fsp3) is 0.165. The Hall–Kier alpha value is -9.36. The van der Waals surface area contributed by atoms with E-state index in [0.29, 0.717) is 50.7 Å². The van der Waals surface area contributed by atoms with Gasteiger partial charge in [-0.15, -0.1) is 0 Å². The standard InChI is InChI=1S/C79H72N4OSi/c1-54-45-75(80-52-69(54)56-46-57(77(2,3)4)49-58(47-56)78(5,6)7)83-71-40-21-20-37-67(71)68-44-43-61(51-74(68)83)84-60-29-25-28-59(50-60)81-53-82(73-42-23-22-41-72(73)81)76-66(38-26-39-70(76)79(8,9)10)55-27-24-36-65(48-55)85(62-30-14-11-15-31-62,63-32-16-12-17-33-63)64-34-18-13-19-35-64/h11-52H,1-10H3/i1D3,11D,12D,13D,14D,15D,16D,17D,18D,19D,24D,27D,30D,31D,32D,33D,34D,35D,36D,48D. The number of hydrogen-bond acceptors (Lipinski definition) is 2. The van der Waals surface area contributed by atoms with Gasteiger partial charge in [0.2, 0.25) is 0 Å². The van der Waals surface area contributed by atoms with Crippen LogP contribution in [0, 0.1) is 13.2 Å². The lowest BCUT2D eigenvalue weighted by Gasteiger charge is -2.35. The average molecular weight is 1140 g/mol. The highest BCUT2D eigenvalue weighted by Crippen LogP contribution is 2.40. The van der Waals surface area contributed by atoms with Crippen LogP contribution in [0.1, 0.15) is 115 Å². The second-order valence-electron chi connectivity index (χ2n) is 24.2. The molecule has 0 saturated heterocycles. The summed E-state index contributed by atoms with van der Waals surface area (Å²) in [7, 11) is -6.20. The zero-order valence-corrected chi connectivity index (χ0v) is 49.5. The quantitative estimate of drug-likeness (QED) is 0.0560. The summed E-state index contributed by atoms with van der Waals surface area (Å²) in [6.45, 7) is 16.0. The Morgan fingerprint density at radius 2 is 1.11 bits per heavy atom. The lowest BCUT2D eigenvalue weighted by atomic mass is 9.79. The number of pyridine rings is 1. The summed E-state index contributed by atoms with van der Waals surface area (Å²) in [4.78, 5) is 5.05. The average Bonchev–Trinajstić information content (AvgIpc) is 1.28. The lowest BCUT2D eigenvalue weighted by Crippen LogP contribution is -2.74. The van der Waals surface area contributed by atoms with Gasteiger partial charge in [-0.1, -0.05) is 262 Å². The van der Waals surface area contributed by atoms with E-state index in [1.807, 2.05) is 98.1 Å². The molecule has 6 heteroatoms. The van der Waals surface area contributed by atoms with Crippen molar-refractivity contribution in [2.24, 2.45) is 0 Å². The van der Waals surface area contributed by atoms with E-state index in [1.165, 1.54) is 6.07 Å². The molecule has 0 aliphatic rings. The van der Waals surface area contributed by atoms with Crippen LogP contribution in [0.25, 0.3) is 72.3 Å². The predicted octanol–water partition coefficient (Wildman–Crippen LogP) is 16.9. The minimum Gasteiger partial charge on any atom is -0.458 e. The highest BCUT2D eigenvalue weighted by atomic mass is 28.3. The molecular formula is C79H72N4OSi. The van der Waals surface area contributed by atoms with Gasteiger partial charge in [0.15, 0.2) is 8.07 Å². The molecule has 0 fully saturated rings. The summed E-state index contributed by atoms with van der Waals surface area (Å²) in [5.41, 5.74) is 5.58. The molecule has 0 amide bonds. The van der Waals surface area contributed by atoms with Crippen LogP contribution in [0.5, 0.6) is 11.5 Å². The van der Waals surface area contributed by atoms with E-state index in [2.05, 4.69) is 66.1 Å². The Morgan fingerprint density at radius 3 is 1.75 bits per heavy atom. The van der Waals surface area contributed by atoms with Gasteiger partial charge in [-0.25, -0.2) is 4.98 Å². The van der Waals surface area contributed by atoms with Crippen LogP contribution in [0.15, 0.2) is 254 Å². The number of hydrogen-bond donors (Lipinski definition) is 0. The zero-order chi connectivity index (χ0) is 77.9. The molecular weight excluding hydrogens is 1050 g/mol. The molecule has 0 radical (unpaired) electrons. The normalized spacial score (nSPS) is 16.2. The molecule has 0 unspecified atom stereocenters. The number of ether oxygens (including phenoxy) is 1. The third-order valence-electron chi connectivity index (χ3n) is 15.6. The molecule has 3 aromatic heterocycles. The topological polar surface area (TPSA) is 35.9 Å². The number of rotatable bonds is 11. The summed E-state index contributed by atoms with van der Waals surface area (Å²) in [6, 6.07) is 21.1. The van der Waals surface area contributed by atoms with Crippen LogP contribution >= 0.6 is 0 Å². The summed E-state index contributed by atoms with van der Waals surface area (Å²) in [5.74, 6) is 1.18. The molecule has 5 nitrogen and oxygen atoms in total. The molecule has 0 saturated carbocycles. The molecule has 10 aromatic carbocycles. The largest absolute Gasteiger partial charge is 0.458 e. The second-order valence-corrected chi connectivity index (χ2v) is 27.7. The molecule has 13 aromatic rings. The van der Waals surface area contributed by atoms with Crippen LogP contribution < -0.4 is 30.1 Å². The highest BCUT2D eigenvalue weighted by molar-refractivity contribution is 7.19. The number of benzene rings is 10. The van der Waals surface area contributed by atoms with E-state index in [4.69, 9.17) is 26.2 Å². The highest BCUT2D eigenvalue weighted by Gasteiger charge is 2.41.